The highest BCUT2D eigenvalue weighted by molar-refractivity contribution is 5.88. The highest BCUT2D eigenvalue weighted by Gasteiger charge is 2.31. The van der Waals surface area contributed by atoms with Crippen molar-refractivity contribution < 1.29 is 27.5 Å². The van der Waals surface area contributed by atoms with Crippen molar-refractivity contribution in [1.29, 1.82) is 0 Å². The molecular weight excluding hydrogens is 500 g/mol. The minimum atomic E-state index is -0.980. The monoisotopic (exact) mass is 537 g/mol. The maximum atomic E-state index is 13.4. The smallest absolute Gasteiger partial charge is 0.303 e. The Hall–Kier alpha value is -3.35. The number of hydrogen-bond donors (Lipinski definition) is 0. The fraction of sp³-hybridized carbons (Fsp3) is 0.469. The zero-order chi connectivity index (χ0) is 27.8. The number of aryl methyl sites for hydroxylation is 1. The number of ketones is 1. The molecule has 0 N–H and O–H groups in total. The molecule has 5 nitrogen and oxygen atoms in total. The van der Waals surface area contributed by atoms with Crippen molar-refractivity contribution in [3.8, 4) is 11.3 Å². The molecule has 2 fully saturated rings. The molecular formula is C32H37F2NO4. The number of hydrogen-bond acceptors (Lipinski definition) is 5. The number of halogens is 2. The van der Waals surface area contributed by atoms with Crippen LogP contribution in [0.5, 0.6) is 0 Å². The zero-order valence-electron chi connectivity index (χ0n) is 22.8. The number of rotatable bonds is 6. The van der Waals surface area contributed by atoms with Crippen LogP contribution >= 0.6 is 0 Å². The summed E-state index contributed by atoms with van der Waals surface area (Å²) in [7, 11) is 0. The third-order valence-corrected chi connectivity index (χ3v) is 7.54. The Bertz CT molecular complexity index is 1260. The first-order valence-corrected chi connectivity index (χ1v) is 14.0. The number of oxazole rings is 1. The van der Waals surface area contributed by atoms with E-state index in [1.54, 1.807) is 12.1 Å². The molecule has 2 saturated carbocycles. The molecule has 7 heteroatoms. The van der Waals surface area contributed by atoms with Gasteiger partial charge in [0.1, 0.15) is 11.6 Å². The van der Waals surface area contributed by atoms with Gasteiger partial charge in [-0.3, -0.25) is 9.59 Å². The second-order valence-electron chi connectivity index (χ2n) is 10.6. The Kier molecular flexibility index (Phi) is 10.0. The Morgan fingerprint density at radius 3 is 2.13 bits per heavy atom. The third-order valence-electron chi connectivity index (χ3n) is 7.54. The Balaban J connectivity index is 0.000000181. The average Bonchev–Trinajstić information content (AvgIpc) is 3.34. The lowest BCUT2D eigenvalue weighted by Crippen LogP contribution is -2.27. The number of aromatic nitrogens is 1. The van der Waals surface area contributed by atoms with Crippen molar-refractivity contribution >= 4 is 11.8 Å². The minimum absolute atomic E-state index is 0.0867. The third kappa shape index (κ3) is 7.84. The van der Waals surface area contributed by atoms with E-state index in [9.17, 15) is 18.4 Å². The van der Waals surface area contributed by atoms with Crippen LogP contribution in [0.25, 0.3) is 11.3 Å². The summed E-state index contributed by atoms with van der Waals surface area (Å²) in [5, 5.41) is 0. The molecule has 0 spiro atoms. The molecule has 1 atom stereocenters. The molecule has 2 aliphatic carbocycles. The molecule has 3 aromatic rings. The molecule has 2 aliphatic rings. The molecule has 5 rings (SSSR count). The molecule has 39 heavy (non-hydrogen) atoms. The maximum Gasteiger partial charge on any atom is 0.303 e. The van der Waals surface area contributed by atoms with Crippen LogP contribution in [0.15, 0.2) is 52.9 Å². The van der Waals surface area contributed by atoms with E-state index in [1.807, 2.05) is 13.0 Å². The summed E-state index contributed by atoms with van der Waals surface area (Å²) >= 11 is 0. The van der Waals surface area contributed by atoms with E-state index in [-0.39, 0.29) is 17.5 Å². The number of benzene rings is 2. The summed E-state index contributed by atoms with van der Waals surface area (Å²) in [6.45, 7) is 3.12. The van der Waals surface area contributed by atoms with Gasteiger partial charge in [0.15, 0.2) is 23.5 Å². The summed E-state index contributed by atoms with van der Waals surface area (Å²) in [5.74, 6) is 0.496. The Morgan fingerprint density at radius 2 is 1.51 bits per heavy atom. The molecule has 208 valence electrons. The van der Waals surface area contributed by atoms with E-state index in [4.69, 9.17) is 9.15 Å². The van der Waals surface area contributed by atoms with Crippen LogP contribution in [0, 0.1) is 24.5 Å². The summed E-state index contributed by atoms with van der Waals surface area (Å²) in [6, 6.07) is 12.3. The Morgan fingerprint density at radius 1 is 0.897 bits per heavy atom. The van der Waals surface area contributed by atoms with Crippen molar-refractivity contribution in [3.05, 3.63) is 77.3 Å². The number of nitrogens with zero attached hydrogens (tertiary/aromatic N) is 1. The highest BCUT2D eigenvalue weighted by atomic mass is 19.1. The highest BCUT2D eigenvalue weighted by Crippen LogP contribution is 2.38. The first-order chi connectivity index (χ1) is 18.8. The zero-order valence-corrected chi connectivity index (χ0v) is 22.8. The lowest BCUT2D eigenvalue weighted by Gasteiger charge is -2.25. The minimum Gasteiger partial charge on any atom is -0.450 e. The number of esters is 1. The number of carbonyl (C=O) groups excluding carboxylic acids is 2. The van der Waals surface area contributed by atoms with Gasteiger partial charge < -0.3 is 9.15 Å². The first kappa shape index (κ1) is 28.7. The second-order valence-corrected chi connectivity index (χ2v) is 10.6. The van der Waals surface area contributed by atoms with Crippen LogP contribution in [0.3, 0.4) is 0 Å². The fourth-order valence-corrected chi connectivity index (χ4v) is 5.66. The van der Waals surface area contributed by atoms with E-state index in [0.717, 1.165) is 62.0 Å². The quantitative estimate of drug-likeness (QED) is 0.295. The molecule has 1 unspecified atom stereocenters. The summed E-state index contributed by atoms with van der Waals surface area (Å²) in [5.41, 5.74) is 2.22. The van der Waals surface area contributed by atoms with Gasteiger partial charge in [-0.25, -0.2) is 13.8 Å². The van der Waals surface area contributed by atoms with Crippen LogP contribution in [0.1, 0.15) is 100 Å². The predicted octanol–water partition coefficient (Wildman–Crippen LogP) is 8.42. The molecule has 0 saturated heterocycles. The number of ether oxygens (including phenoxy) is 1. The molecule has 1 aromatic heterocycles. The first-order valence-electron chi connectivity index (χ1n) is 14.0. The van der Waals surface area contributed by atoms with Crippen molar-refractivity contribution in [1.82, 2.24) is 4.98 Å². The van der Waals surface area contributed by atoms with Crippen LogP contribution in [-0.2, 0) is 14.3 Å². The maximum absolute atomic E-state index is 13.4. The van der Waals surface area contributed by atoms with E-state index < -0.39 is 17.9 Å². The van der Waals surface area contributed by atoms with Crippen LogP contribution < -0.4 is 0 Å². The van der Waals surface area contributed by atoms with Crippen LogP contribution in [0.4, 0.5) is 8.78 Å². The molecule has 0 amide bonds. The average molecular weight is 538 g/mol. The molecule has 2 aromatic carbocycles. The SMILES string of the molecule is CC(=O)OC(C(=O)C1CCCCC1)c1cccc(F)c1.Cc1nc(C2CCCCC2)c(-c2cccc(F)c2)o1. The second kappa shape index (κ2) is 13.6. The van der Waals surface area contributed by atoms with Gasteiger partial charge in [0.25, 0.3) is 0 Å². The standard InChI is InChI=1S/C16H18FNO.C16H19FO3/c1-11-18-15(12-6-3-2-4-7-12)16(19-11)13-8-5-9-14(17)10-13;1-11(18)20-16(13-8-5-9-14(17)10-13)15(19)12-6-3-2-4-7-12/h5,8-10,12H,2-4,6-7H2,1H3;5,8-10,12,16H,2-4,6-7H2,1H3. The number of Topliss-reactive ketones (excluding diaryl/α,β-unsaturated/α-hetero) is 1. The fourth-order valence-electron chi connectivity index (χ4n) is 5.66. The topological polar surface area (TPSA) is 69.4 Å². The van der Waals surface area contributed by atoms with Crippen molar-refractivity contribution in [2.24, 2.45) is 5.92 Å². The van der Waals surface area contributed by atoms with Crippen molar-refractivity contribution in [2.45, 2.75) is 90.1 Å². The predicted molar refractivity (Wildman–Crippen MR) is 145 cm³/mol. The van der Waals surface area contributed by atoms with E-state index >= 15 is 0 Å². The van der Waals surface area contributed by atoms with Crippen molar-refractivity contribution in [3.63, 3.8) is 0 Å². The van der Waals surface area contributed by atoms with Gasteiger partial charge in [0.2, 0.25) is 0 Å². The van der Waals surface area contributed by atoms with Gasteiger partial charge in [-0.05, 0) is 49.9 Å². The van der Waals surface area contributed by atoms with Crippen LogP contribution in [0.2, 0.25) is 0 Å². The van der Waals surface area contributed by atoms with Gasteiger partial charge in [0, 0.05) is 36.8 Å². The molecule has 0 radical (unpaired) electrons. The summed E-state index contributed by atoms with van der Waals surface area (Å²) in [6.07, 6.45) is 9.98. The van der Waals surface area contributed by atoms with Gasteiger partial charge in [0.05, 0.1) is 5.69 Å². The largest absolute Gasteiger partial charge is 0.450 e. The van der Waals surface area contributed by atoms with Gasteiger partial charge >= 0.3 is 5.97 Å². The summed E-state index contributed by atoms with van der Waals surface area (Å²) < 4.78 is 37.6. The van der Waals surface area contributed by atoms with E-state index in [0.29, 0.717) is 17.4 Å². The molecule has 0 bridgehead atoms. The molecule has 1 heterocycles. The van der Waals surface area contributed by atoms with Gasteiger partial charge in [-0.2, -0.15) is 0 Å². The van der Waals surface area contributed by atoms with Crippen LogP contribution in [-0.4, -0.2) is 16.7 Å². The lowest BCUT2D eigenvalue weighted by molar-refractivity contribution is -0.155. The van der Waals surface area contributed by atoms with Gasteiger partial charge in [-0.15, -0.1) is 0 Å². The lowest BCUT2D eigenvalue weighted by atomic mass is 9.83. The Labute approximate surface area is 229 Å². The number of carbonyl (C=O) groups is 2. The van der Waals surface area contributed by atoms with E-state index in [2.05, 4.69) is 4.98 Å². The van der Waals surface area contributed by atoms with E-state index in [1.165, 1.54) is 56.5 Å². The summed E-state index contributed by atoms with van der Waals surface area (Å²) in [4.78, 5) is 28.3. The normalized spacial score (nSPS) is 17.1. The van der Waals surface area contributed by atoms with Gasteiger partial charge in [-0.1, -0.05) is 62.8 Å². The van der Waals surface area contributed by atoms with Crippen molar-refractivity contribution in [2.75, 3.05) is 0 Å². The molecule has 0 aliphatic heterocycles.